The number of likely N-dealkylation sites (tertiary alicyclic amines) is 1. The smallest absolute Gasteiger partial charge is 0.326 e. The van der Waals surface area contributed by atoms with Gasteiger partial charge in [0.05, 0.1) is 0 Å². The molecule has 0 saturated carbocycles. The van der Waals surface area contributed by atoms with E-state index in [0.29, 0.717) is 30.8 Å². The van der Waals surface area contributed by atoms with E-state index in [1.54, 1.807) is 6.07 Å². The van der Waals surface area contributed by atoms with Crippen molar-refractivity contribution in [3.8, 4) is 0 Å². The highest BCUT2D eigenvalue weighted by Crippen LogP contribution is 2.21. The average molecular weight is 296 g/mol. The van der Waals surface area contributed by atoms with Crippen LogP contribution in [0, 0.1) is 0 Å². The SMILES string of the molecule is O=C(O)C1CCCCN1C(=O)CCc1ccccc1Cl. The number of aryl methyl sites for hydroxylation is 1. The molecule has 0 spiro atoms. The third kappa shape index (κ3) is 3.51. The molecule has 2 rings (SSSR count). The number of benzene rings is 1. The predicted molar refractivity (Wildman–Crippen MR) is 76.8 cm³/mol. The highest BCUT2D eigenvalue weighted by atomic mass is 35.5. The summed E-state index contributed by atoms with van der Waals surface area (Å²) < 4.78 is 0. The molecular formula is C15H18ClNO3. The Balaban J connectivity index is 1.97. The summed E-state index contributed by atoms with van der Waals surface area (Å²) in [7, 11) is 0. The largest absolute Gasteiger partial charge is 0.480 e. The summed E-state index contributed by atoms with van der Waals surface area (Å²) in [4.78, 5) is 24.9. The number of hydrogen-bond donors (Lipinski definition) is 1. The molecule has 5 heteroatoms. The number of rotatable bonds is 4. The zero-order chi connectivity index (χ0) is 14.5. The van der Waals surface area contributed by atoms with Gasteiger partial charge in [0.1, 0.15) is 6.04 Å². The Bertz CT molecular complexity index is 504. The molecule has 1 aliphatic heterocycles. The monoisotopic (exact) mass is 295 g/mol. The van der Waals surface area contributed by atoms with Crippen molar-refractivity contribution in [2.24, 2.45) is 0 Å². The number of carbonyl (C=O) groups excluding carboxylic acids is 1. The van der Waals surface area contributed by atoms with Crippen LogP contribution in [0.4, 0.5) is 0 Å². The summed E-state index contributed by atoms with van der Waals surface area (Å²) in [5, 5.41) is 9.82. The Morgan fingerprint density at radius 3 is 2.75 bits per heavy atom. The van der Waals surface area contributed by atoms with Crippen LogP contribution in [0.15, 0.2) is 24.3 Å². The Kier molecular flexibility index (Phi) is 5.01. The number of carbonyl (C=O) groups is 2. The number of piperidine rings is 1. The second-order valence-corrected chi connectivity index (χ2v) is 5.44. The quantitative estimate of drug-likeness (QED) is 0.929. The van der Waals surface area contributed by atoms with Gasteiger partial charge in [0.15, 0.2) is 0 Å². The second-order valence-electron chi connectivity index (χ2n) is 5.03. The zero-order valence-corrected chi connectivity index (χ0v) is 12.0. The van der Waals surface area contributed by atoms with Crippen molar-refractivity contribution in [2.45, 2.75) is 38.1 Å². The average Bonchev–Trinajstić information content (AvgIpc) is 2.46. The maximum Gasteiger partial charge on any atom is 0.326 e. The molecule has 1 amide bonds. The van der Waals surface area contributed by atoms with Gasteiger partial charge in [0.2, 0.25) is 5.91 Å². The van der Waals surface area contributed by atoms with Gasteiger partial charge in [0, 0.05) is 18.0 Å². The van der Waals surface area contributed by atoms with E-state index >= 15 is 0 Å². The minimum absolute atomic E-state index is 0.1000. The summed E-state index contributed by atoms with van der Waals surface area (Å²) >= 11 is 6.05. The van der Waals surface area contributed by atoms with Crippen LogP contribution in [0.2, 0.25) is 5.02 Å². The lowest BCUT2D eigenvalue weighted by atomic mass is 10.0. The number of amides is 1. The molecule has 1 fully saturated rings. The molecule has 0 bridgehead atoms. The van der Waals surface area contributed by atoms with Gasteiger partial charge < -0.3 is 10.0 Å². The molecule has 1 unspecified atom stereocenters. The summed E-state index contributed by atoms with van der Waals surface area (Å²) in [6.45, 7) is 0.540. The molecule has 4 nitrogen and oxygen atoms in total. The third-order valence-corrected chi connectivity index (χ3v) is 4.04. The Labute approximate surface area is 123 Å². The Morgan fingerprint density at radius 1 is 1.30 bits per heavy atom. The van der Waals surface area contributed by atoms with Crippen LogP contribution in [-0.2, 0) is 16.0 Å². The lowest BCUT2D eigenvalue weighted by Gasteiger charge is -2.33. The van der Waals surface area contributed by atoms with Crippen LogP contribution in [-0.4, -0.2) is 34.5 Å². The standard InChI is InChI=1S/C15H18ClNO3/c16-12-6-2-1-5-11(12)8-9-14(18)17-10-4-3-7-13(17)15(19)20/h1-2,5-6,13H,3-4,7-10H2,(H,19,20). The molecule has 0 radical (unpaired) electrons. The molecule has 108 valence electrons. The van der Waals surface area contributed by atoms with Crippen molar-refractivity contribution >= 4 is 23.5 Å². The molecule has 1 aromatic rings. The van der Waals surface area contributed by atoms with Crippen LogP contribution >= 0.6 is 11.6 Å². The van der Waals surface area contributed by atoms with Gasteiger partial charge in [-0.15, -0.1) is 0 Å². The Hall–Kier alpha value is -1.55. The predicted octanol–water partition coefficient (Wildman–Crippen LogP) is 2.74. The summed E-state index contributed by atoms with van der Waals surface area (Å²) in [6.07, 6.45) is 3.13. The van der Waals surface area contributed by atoms with E-state index in [0.717, 1.165) is 18.4 Å². The first-order valence-corrected chi connectivity index (χ1v) is 7.23. The van der Waals surface area contributed by atoms with E-state index in [2.05, 4.69) is 0 Å². The molecule has 1 aliphatic rings. The van der Waals surface area contributed by atoms with Crippen LogP contribution in [0.5, 0.6) is 0 Å². The minimum atomic E-state index is -0.907. The summed E-state index contributed by atoms with van der Waals surface area (Å²) in [5.74, 6) is -1.01. The number of halogens is 1. The minimum Gasteiger partial charge on any atom is -0.480 e. The van der Waals surface area contributed by atoms with E-state index in [-0.39, 0.29) is 5.91 Å². The van der Waals surface area contributed by atoms with Gasteiger partial charge in [-0.25, -0.2) is 4.79 Å². The van der Waals surface area contributed by atoms with Crippen LogP contribution < -0.4 is 0 Å². The molecule has 20 heavy (non-hydrogen) atoms. The van der Waals surface area contributed by atoms with Crippen LogP contribution in [0.1, 0.15) is 31.2 Å². The van der Waals surface area contributed by atoms with E-state index in [1.807, 2.05) is 18.2 Å². The van der Waals surface area contributed by atoms with Gasteiger partial charge in [-0.3, -0.25) is 4.79 Å². The van der Waals surface area contributed by atoms with Crippen LogP contribution in [0.25, 0.3) is 0 Å². The lowest BCUT2D eigenvalue weighted by Crippen LogP contribution is -2.48. The van der Waals surface area contributed by atoms with E-state index in [4.69, 9.17) is 11.6 Å². The number of nitrogens with zero attached hydrogens (tertiary/aromatic N) is 1. The van der Waals surface area contributed by atoms with E-state index < -0.39 is 12.0 Å². The fourth-order valence-corrected chi connectivity index (χ4v) is 2.80. The number of hydrogen-bond acceptors (Lipinski definition) is 2. The number of carboxylic acids is 1. The number of aliphatic carboxylic acids is 1. The molecule has 0 aliphatic carbocycles. The fraction of sp³-hybridized carbons (Fsp3) is 0.467. The number of carboxylic acid groups (broad SMARTS) is 1. The first-order chi connectivity index (χ1) is 9.59. The van der Waals surface area contributed by atoms with Crippen molar-refractivity contribution in [3.63, 3.8) is 0 Å². The van der Waals surface area contributed by atoms with Gasteiger partial charge in [0.25, 0.3) is 0 Å². The fourth-order valence-electron chi connectivity index (χ4n) is 2.57. The summed E-state index contributed by atoms with van der Waals surface area (Å²) in [5.41, 5.74) is 0.923. The van der Waals surface area contributed by atoms with Gasteiger partial charge in [-0.05, 0) is 37.3 Å². The highest BCUT2D eigenvalue weighted by Gasteiger charge is 2.31. The molecule has 0 aromatic heterocycles. The molecule has 1 heterocycles. The maximum atomic E-state index is 12.2. The highest BCUT2D eigenvalue weighted by molar-refractivity contribution is 6.31. The van der Waals surface area contributed by atoms with E-state index in [9.17, 15) is 14.7 Å². The van der Waals surface area contributed by atoms with Gasteiger partial charge in [-0.2, -0.15) is 0 Å². The zero-order valence-electron chi connectivity index (χ0n) is 11.2. The first-order valence-electron chi connectivity index (χ1n) is 6.85. The lowest BCUT2D eigenvalue weighted by molar-refractivity contribution is -0.152. The first kappa shape index (κ1) is 14.9. The van der Waals surface area contributed by atoms with Gasteiger partial charge in [-0.1, -0.05) is 29.8 Å². The molecule has 1 saturated heterocycles. The van der Waals surface area contributed by atoms with Crippen molar-refractivity contribution in [1.29, 1.82) is 0 Å². The Morgan fingerprint density at radius 2 is 2.05 bits per heavy atom. The summed E-state index contributed by atoms with van der Waals surface area (Å²) in [6, 6.07) is 6.75. The molecule has 1 atom stereocenters. The molecule has 1 N–H and O–H groups in total. The molecular weight excluding hydrogens is 278 g/mol. The van der Waals surface area contributed by atoms with Crippen molar-refractivity contribution < 1.29 is 14.7 Å². The van der Waals surface area contributed by atoms with Crippen molar-refractivity contribution in [3.05, 3.63) is 34.9 Å². The van der Waals surface area contributed by atoms with Crippen molar-refractivity contribution in [1.82, 2.24) is 4.90 Å². The van der Waals surface area contributed by atoms with Crippen molar-refractivity contribution in [2.75, 3.05) is 6.54 Å². The third-order valence-electron chi connectivity index (χ3n) is 3.67. The molecule has 1 aromatic carbocycles. The second kappa shape index (κ2) is 6.75. The maximum absolute atomic E-state index is 12.2. The van der Waals surface area contributed by atoms with E-state index in [1.165, 1.54) is 4.90 Å². The van der Waals surface area contributed by atoms with Gasteiger partial charge >= 0.3 is 5.97 Å². The van der Waals surface area contributed by atoms with Crippen LogP contribution in [0.3, 0.4) is 0 Å². The topological polar surface area (TPSA) is 57.6 Å². The normalized spacial score (nSPS) is 18.9.